The minimum Gasteiger partial charge on any atom is -0.484 e. The fourth-order valence-corrected chi connectivity index (χ4v) is 2.38. The first-order valence-corrected chi connectivity index (χ1v) is 7.17. The summed E-state index contributed by atoms with van der Waals surface area (Å²) < 4.78 is 24.7. The van der Waals surface area contributed by atoms with Crippen LogP contribution in [0.25, 0.3) is 0 Å². The van der Waals surface area contributed by atoms with Gasteiger partial charge >= 0.3 is 5.69 Å². The number of hydrogen-bond donors (Lipinski definition) is 1. The molecule has 1 aromatic carbocycles. The maximum absolute atomic E-state index is 13.5. The molecule has 1 aromatic rings. The highest BCUT2D eigenvalue weighted by Crippen LogP contribution is 2.31. The molecule has 1 fully saturated rings. The van der Waals surface area contributed by atoms with Crippen LogP contribution in [0.3, 0.4) is 0 Å². The van der Waals surface area contributed by atoms with E-state index in [1.807, 2.05) is 6.92 Å². The van der Waals surface area contributed by atoms with Crippen molar-refractivity contribution in [1.29, 1.82) is 0 Å². The molecule has 2 atom stereocenters. The molecule has 6 nitrogen and oxygen atoms in total. The molecule has 1 N–H and O–H groups in total. The lowest BCUT2D eigenvalue weighted by molar-refractivity contribution is -0.386. The van der Waals surface area contributed by atoms with Crippen LogP contribution in [-0.2, 0) is 4.74 Å². The Balaban J connectivity index is 2.08. The lowest BCUT2D eigenvalue weighted by atomic mass is 10.2. The molecule has 0 aliphatic carbocycles. The third-order valence-electron chi connectivity index (χ3n) is 2.85. The van der Waals surface area contributed by atoms with Crippen LogP contribution in [0, 0.1) is 19.5 Å². The van der Waals surface area contributed by atoms with Gasteiger partial charge in [0.1, 0.15) is 18.5 Å². The van der Waals surface area contributed by atoms with Crippen LogP contribution < -0.4 is 10.1 Å². The fourth-order valence-electron chi connectivity index (χ4n) is 1.93. The van der Waals surface area contributed by atoms with Gasteiger partial charge in [-0.1, -0.05) is 0 Å². The van der Waals surface area contributed by atoms with E-state index in [0.29, 0.717) is 6.54 Å². The molecule has 0 bridgehead atoms. The number of nitro groups is 1. The highest BCUT2D eigenvalue weighted by atomic mass is 127. The summed E-state index contributed by atoms with van der Waals surface area (Å²) in [5, 5.41) is 14.1. The van der Waals surface area contributed by atoms with Gasteiger partial charge in [0.2, 0.25) is 0 Å². The minimum atomic E-state index is -0.584. The van der Waals surface area contributed by atoms with Gasteiger partial charge in [0.25, 0.3) is 0 Å². The van der Waals surface area contributed by atoms with Crippen molar-refractivity contribution in [3.05, 3.63) is 31.6 Å². The van der Waals surface area contributed by atoms with Gasteiger partial charge in [-0.15, -0.1) is 0 Å². The number of nitrogens with zero attached hydrogens (tertiary/aromatic N) is 1. The Morgan fingerprint density at radius 3 is 3.00 bits per heavy atom. The number of rotatable bonds is 4. The van der Waals surface area contributed by atoms with E-state index in [4.69, 9.17) is 9.47 Å². The van der Waals surface area contributed by atoms with E-state index in [2.05, 4.69) is 5.32 Å². The van der Waals surface area contributed by atoms with Crippen LogP contribution in [0.5, 0.6) is 5.75 Å². The third-order valence-corrected chi connectivity index (χ3v) is 3.68. The van der Waals surface area contributed by atoms with Crippen LogP contribution >= 0.6 is 22.6 Å². The van der Waals surface area contributed by atoms with Crippen molar-refractivity contribution >= 4 is 28.3 Å². The lowest BCUT2D eigenvalue weighted by Gasteiger charge is -2.28. The summed E-state index contributed by atoms with van der Waals surface area (Å²) in [6.45, 7) is 3.42. The summed E-state index contributed by atoms with van der Waals surface area (Å²) in [5.74, 6) is -0.614. The topological polar surface area (TPSA) is 73.6 Å². The van der Waals surface area contributed by atoms with Crippen molar-refractivity contribution < 1.29 is 18.8 Å². The van der Waals surface area contributed by atoms with E-state index < -0.39 is 10.7 Å². The average molecular weight is 396 g/mol. The normalized spacial score (nSPS) is 22.6. The molecule has 2 unspecified atom stereocenters. The third kappa shape index (κ3) is 3.76. The molecule has 1 saturated heterocycles. The van der Waals surface area contributed by atoms with Gasteiger partial charge < -0.3 is 14.8 Å². The van der Waals surface area contributed by atoms with E-state index in [1.54, 1.807) is 22.6 Å². The van der Waals surface area contributed by atoms with Crippen molar-refractivity contribution in [1.82, 2.24) is 5.32 Å². The molecule has 2 rings (SSSR count). The van der Waals surface area contributed by atoms with E-state index in [1.165, 1.54) is 0 Å². The molecule has 110 valence electrons. The molecular formula is C12H14FIN2O4. The SMILES string of the molecule is CC1CNCC(COc2cc(F)c(I)cc2[N+](=O)[O-])O1. The van der Waals surface area contributed by atoms with E-state index in [-0.39, 0.29) is 33.8 Å². The molecule has 8 heteroatoms. The molecule has 0 amide bonds. The summed E-state index contributed by atoms with van der Waals surface area (Å²) in [7, 11) is 0. The highest BCUT2D eigenvalue weighted by Gasteiger charge is 2.23. The molecule has 0 aromatic heterocycles. The van der Waals surface area contributed by atoms with Crippen molar-refractivity contribution in [2.75, 3.05) is 19.7 Å². The summed E-state index contributed by atoms with van der Waals surface area (Å²) >= 11 is 1.70. The van der Waals surface area contributed by atoms with Crippen molar-refractivity contribution in [3.63, 3.8) is 0 Å². The largest absolute Gasteiger partial charge is 0.484 e. The zero-order valence-corrected chi connectivity index (χ0v) is 12.9. The maximum atomic E-state index is 13.5. The second-order valence-electron chi connectivity index (χ2n) is 4.53. The van der Waals surface area contributed by atoms with Gasteiger partial charge in [-0.2, -0.15) is 0 Å². The van der Waals surface area contributed by atoms with E-state index >= 15 is 0 Å². The Morgan fingerprint density at radius 1 is 1.60 bits per heavy atom. The van der Waals surface area contributed by atoms with Crippen LogP contribution in [0.15, 0.2) is 12.1 Å². The molecule has 0 radical (unpaired) electrons. The first-order chi connectivity index (χ1) is 9.47. The monoisotopic (exact) mass is 396 g/mol. The summed E-state index contributed by atoms with van der Waals surface area (Å²) in [6.07, 6.45) is -0.151. The first kappa shape index (κ1) is 15.4. The molecule has 1 aliphatic heterocycles. The summed E-state index contributed by atoms with van der Waals surface area (Å²) in [4.78, 5) is 10.4. The number of morpholine rings is 1. The second-order valence-corrected chi connectivity index (χ2v) is 5.69. The Kier molecular flexibility index (Phi) is 5.11. The maximum Gasteiger partial charge on any atom is 0.312 e. The zero-order valence-electron chi connectivity index (χ0n) is 10.8. The van der Waals surface area contributed by atoms with Crippen molar-refractivity contribution in [2.45, 2.75) is 19.1 Å². The standard InChI is InChI=1S/C12H14FIN2O4/c1-7-4-15-5-8(20-7)6-19-12-2-9(13)10(14)3-11(12)16(17)18/h2-3,7-8,15H,4-6H2,1H3. The van der Waals surface area contributed by atoms with Gasteiger partial charge in [0, 0.05) is 25.2 Å². The molecule has 0 spiro atoms. The first-order valence-electron chi connectivity index (χ1n) is 6.09. The second kappa shape index (κ2) is 6.64. The summed E-state index contributed by atoms with van der Waals surface area (Å²) in [5.41, 5.74) is -0.243. The Morgan fingerprint density at radius 2 is 2.35 bits per heavy atom. The number of ether oxygens (including phenoxy) is 2. The Labute approximate surface area is 128 Å². The van der Waals surface area contributed by atoms with Crippen LogP contribution in [0.4, 0.5) is 10.1 Å². The van der Waals surface area contributed by atoms with Crippen LogP contribution in [0.2, 0.25) is 0 Å². The van der Waals surface area contributed by atoms with Crippen LogP contribution in [-0.4, -0.2) is 36.8 Å². The van der Waals surface area contributed by atoms with Gasteiger partial charge in [0.15, 0.2) is 5.75 Å². The number of benzene rings is 1. The molecule has 1 aliphatic rings. The number of nitrogens with one attached hydrogen (secondary N) is 1. The average Bonchev–Trinajstić information content (AvgIpc) is 2.39. The smallest absolute Gasteiger partial charge is 0.312 e. The van der Waals surface area contributed by atoms with Gasteiger partial charge in [-0.25, -0.2) is 4.39 Å². The molecule has 20 heavy (non-hydrogen) atoms. The fraction of sp³-hybridized carbons (Fsp3) is 0.500. The van der Waals surface area contributed by atoms with Gasteiger partial charge in [-0.3, -0.25) is 10.1 Å². The van der Waals surface area contributed by atoms with Gasteiger partial charge in [0.05, 0.1) is 14.6 Å². The molecule has 0 saturated carbocycles. The van der Waals surface area contributed by atoms with Crippen LogP contribution in [0.1, 0.15) is 6.92 Å². The number of nitro benzene ring substituents is 1. The Hall–Kier alpha value is -1.00. The Bertz CT molecular complexity index is 514. The van der Waals surface area contributed by atoms with Gasteiger partial charge in [-0.05, 0) is 29.5 Å². The quantitative estimate of drug-likeness (QED) is 0.480. The van der Waals surface area contributed by atoms with E-state index in [0.717, 1.165) is 18.7 Å². The summed E-state index contributed by atoms with van der Waals surface area (Å²) in [6, 6.07) is 2.20. The lowest BCUT2D eigenvalue weighted by Crippen LogP contribution is -2.45. The van der Waals surface area contributed by atoms with E-state index in [9.17, 15) is 14.5 Å². The molecule has 1 heterocycles. The number of hydrogen-bond acceptors (Lipinski definition) is 5. The molecular weight excluding hydrogens is 382 g/mol. The predicted molar refractivity (Wildman–Crippen MR) is 78.5 cm³/mol. The highest BCUT2D eigenvalue weighted by molar-refractivity contribution is 14.1. The van der Waals surface area contributed by atoms with Crippen molar-refractivity contribution in [2.24, 2.45) is 0 Å². The minimum absolute atomic E-state index is 0.0563. The number of halogens is 2. The zero-order chi connectivity index (χ0) is 14.7. The van der Waals surface area contributed by atoms with Crippen molar-refractivity contribution in [3.8, 4) is 5.75 Å². The predicted octanol–water partition coefficient (Wildman–Crippen LogP) is 2.09.